The molecule has 9 rings (SSSR count). The van der Waals surface area contributed by atoms with Gasteiger partial charge in [0.1, 0.15) is 23.7 Å². The molecule has 1 saturated heterocycles. The number of ether oxygens (including phenoxy) is 1. The summed E-state index contributed by atoms with van der Waals surface area (Å²) in [4.78, 5) is 49.8. The second-order valence-electron chi connectivity index (χ2n) is 15.7. The van der Waals surface area contributed by atoms with Gasteiger partial charge in [-0.05, 0) is 62.8 Å². The Bertz CT molecular complexity index is 2470. The fraction of sp³-hybridized carbons (Fsp3) is 0.372. The number of rotatable bonds is 8. The standard InChI is InChI=1S/C43H45N7O6S/c51-40-37-24-31(56-38-25-36(28-14-6-4-7-15-28)45-39-33-19-12-13-20-34(33)47-50(38)39)27-49(37)41(52)35(44-30-17-9-5-10-18-30)21-11-3-1-2-8-16-29-26-43(29,46-40)42(53)48-57(54,55)32-22-23-32/h4-10,12-20,25,29,31-32,35,37,44H,1-3,11,21-24,26-27H2,(H,46,51)(H,48,53)/b16-8-/t29-,31+,35-,37-,43+/m0/s1. The van der Waals surface area contributed by atoms with Gasteiger partial charge in [0.2, 0.25) is 27.7 Å². The number of allylic oxidation sites excluding steroid dienone is 1. The molecule has 0 unspecified atom stereocenters. The fourth-order valence-corrected chi connectivity index (χ4v) is 9.56. The third kappa shape index (κ3) is 7.45. The maximum absolute atomic E-state index is 14.8. The van der Waals surface area contributed by atoms with Gasteiger partial charge in [-0.1, -0.05) is 85.7 Å². The van der Waals surface area contributed by atoms with E-state index in [0.717, 1.165) is 47.8 Å². The molecule has 3 aromatic carbocycles. The van der Waals surface area contributed by atoms with Gasteiger partial charge < -0.3 is 20.3 Å². The molecule has 2 aliphatic carbocycles. The highest BCUT2D eigenvalue weighted by atomic mass is 32.2. The number of aromatic nitrogens is 3. The number of hydrogen-bond acceptors (Lipinski definition) is 9. The van der Waals surface area contributed by atoms with Gasteiger partial charge in [-0.25, -0.2) is 13.4 Å². The van der Waals surface area contributed by atoms with Crippen molar-refractivity contribution in [3.05, 3.63) is 103 Å². The predicted octanol–water partition coefficient (Wildman–Crippen LogP) is 5.38. The predicted molar refractivity (Wildman–Crippen MR) is 216 cm³/mol. The number of fused-ring (bicyclic) bond motifs is 5. The van der Waals surface area contributed by atoms with Gasteiger partial charge in [0.25, 0.3) is 5.91 Å². The van der Waals surface area contributed by atoms with Crippen LogP contribution in [0.2, 0.25) is 0 Å². The lowest BCUT2D eigenvalue weighted by molar-refractivity contribution is -0.140. The molecule has 2 aliphatic heterocycles. The van der Waals surface area contributed by atoms with Crippen LogP contribution in [0.3, 0.4) is 0 Å². The maximum atomic E-state index is 14.8. The first-order valence-corrected chi connectivity index (χ1v) is 21.4. The van der Waals surface area contributed by atoms with Crippen molar-refractivity contribution in [2.75, 3.05) is 11.9 Å². The average molecular weight is 788 g/mol. The van der Waals surface area contributed by atoms with E-state index in [4.69, 9.17) is 14.8 Å². The van der Waals surface area contributed by atoms with Crippen molar-refractivity contribution in [1.29, 1.82) is 0 Å². The lowest BCUT2D eigenvalue weighted by Crippen LogP contribution is -2.57. The molecule has 3 N–H and O–H groups in total. The molecule has 5 atom stereocenters. The number of nitrogens with zero attached hydrogens (tertiary/aromatic N) is 4. The third-order valence-electron chi connectivity index (χ3n) is 11.6. The van der Waals surface area contributed by atoms with Crippen LogP contribution in [0.5, 0.6) is 5.88 Å². The van der Waals surface area contributed by atoms with E-state index in [0.29, 0.717) is 36.5 Å². The van der Waals surface area contributed by atoms with Gasteiger partial charge in [-0.2, -0.15) is 9.61 Å². The average Bonchev–Trinajstić information content (AvgIpc) is 4.12. The highest BCUT2D eigenvalue weighted by Crippen LogP contribution is 2.46. The molecule has 2 saturated carbocycles. The van der Waals surface area contributed by atoms with Crippen molar-refractivity contribution < 1.29 is 27.5 Å². The normalized spacial score (nSPS) is 26.1. The number of benzene rings is 3. The third-order valence-corrected chi connectivity index (χ3v) is 13.4. The minimum Gasteiger partial charge on any atom is -0.472 e. The first-order chi connectivity index (χ1) is 27.7. The van der Waals surface area contributed by atoms with Crippen molar-refractivity contribution in [3.8, 4) is 17.1 Å². The van der Waals surface area contributed by atoms with Gasteiger partial charge in [0.05, 0.1) is 23.0 Å². The fourth-order valence-electron chi connectivity index (χ4n) is 8.20. The Balaban J connectivity index is 1.07. The number of hydrogen-bond donors (Lipinski definition) is 3. The number of nitrogens with one attached hydrogen (secondary N) is 3. The molecule has 0 radical (unpaired) electrons. The summed E-state index contributed by atoms with van der Waals surface area (Å²) in [6.07, 6.45) is 8.52. The molecule has 294 valence electrons. The minimum absolute atomic E-state index is 0.0910. The molecular formula is C43H45N7O6S. The van der Waals surface area contributed by atoms with E-state index in [-0.39, 0.29) is 31.2 Å². The van der Waals surface area contributed by atoms with Crippen LogP contribution < -0.4 is 20.1 Å². The number of amides is 3. The van der Waals surface area contributed by atoms with Gasteiger partial charge >= 0.3 is 0 Å². The largest absolute Gasteiger partial charge is 0.472 e. The Hall–Kier alpha value is -5.76. The Morgan fingerprint density at radius 3 is 2.46 bits per heavy atom. The van der Waals surface area contributed by atoms with Crippen LogP contribution >= 0.6 is 0 Å². The molecule has 3 amide bonds. The summed E-state index contributed by atoms with van der Waals surface area (Å²) in [5.74, 6) is -1.51. The smallest absolute Gasteiger partial charge is 0.259 e. The van der Waals surface area contributed by atoms with Crippen molar-refractivity contribution in [3.63, 3.8) is 0 Å². The quantitative estimate of drug-likeness (QED) is 0.175. The number of anilines is 1. The van der Waals surface area contributed by atoms with Crippen molar-refractivity contribution in [2.24, 2.45) is 5.92 Å². The van der Waals surface area contributed by atoms with Gasteiger partial charge in [0, 0.05) is 35.0 Å². The Morgan fingerprint density at radius 2 is 1.67 bits per heavy atom. The zero-order chi connectivity index (χ0) is 39.1. The van der Waals surface area contributed by atoms with Crippen molar-refractivity contribution in [2.45, 2.75) is 86.8 Å². The molecule has 14 heteroatoms. The topological polar surface area (TPSA) is 164 Å². The summed E-state index contributed by atoms with van der Waals surface area (Å²) in [6, 6.07) is 27.2. The maximum Gasteiger partial charge on any atom is 0.259 e. The van der Waals surface area contributed by atoms with E-state index < -0.39 is 50.8 Å². The number of carbonyl (C=O) groups is 3. The monoisotopic (exact) mass is 787 g/mol. The summed E-state index contributed by atoms with van der Waals surface area (Å²) < 4.78 is 36.6. The molecule has 57 heavy (non-hydrogen) atoms. The summed E-state index contributed by atoms with van der Waals surface area (Å²) in [7, 11) is -3.87. The van der Waals surface area contributed by atoms with E-state index in [9.17, 15) is 22.8 Å². The molecule has 13 nitrogen and oxygen atoms in total. The lowest BCUT2D eigenvalue weighted by Gasteiger charge is -2.30. The summed E-state index contributed by atoms with van der Waals surface area (Å²) in [5.41, 5.74) is 2.25. The van der Waals surface area contributed by atoms with Crippen molar-refractivity contribution in [1.82, 2.24) is 29.5 Å². The van der Waals surface area contributed by atoms with Crippen LogP contribution in [0.25, 0.3) is 27.8 Å². The Kier molecular flexibility index (Phi) is 9.67. The molecule has 4 heterocycles. The van der Waals surface area contributed by atoms with Crippen LogP contribution in [-0.2, 0) is 24.4 Å². The molecule has 0 spiro atoms. The van der Waals surface area contributed by atoms with Gasteiger partial charge in [-0.15, -0.1) is 0 Å². The minimum atomic E-state index is -3.87. The van der Waals surface area contributed by atoms with E-state index in [1.807, 2.05) is 103 Å². The van der Waals surface area contributed by atoms with Crippen molar-refractivity contribution >= 4 is 50.0 Å². The zero-order valence-corrected chi connectivity index (χ0v) is 32.2. The molecule has 0 bridgehead atoms. The Morgan fingerprint density at radius 1 is 0.912 bits per heavy atom. The Labute approximate surface area is 330 Å². The second kappa shape index (κ2) is 15.0. The SMILES string of the molecule is O=C1N[C@]2(C(=O)NS(=O)(=O)C3CC3)C[C@@H]2/C=C\CCCCC[C@H](Nc2ccccc2)C(=O)N2C[C@H](Oc3cc(-c4ccccc4)nc4c5ccccc5nn34)C[C@@H]12. The zero-order valence-electron chi connectivity index (χ0n) is 31.4. The van der Waals surface area contributed by atoms with E-state index in [2.05, 4.69) is 15.4 Å². The molecule has 3 fully saturated rings. The van der Waals surface area contributed by atoms with Crippen LogP contribution in [0.15, 0.2) is 103 Å². The summed E-state index contributed by atoms with van der Waals surface area (Å²) in [6.45, 7) is 0.0910. The number of para-hydroxylation sites is 1. The lowest BCUT2D eigenvalue weighted by atomic mass is 10.0. The van der Waals surface area contributed by atoms with E-state index >= 15 is 0 Å². The molecule has 4 aliphatic rings. The van der Waals surface area contributed by atoms with Gasteiger partial charge in [0.15, 0.2) is 5.65 Å². The van der Waals surface area contributed by atoms with E-state index in [1.54, 1.807) is 9.42 Å². The van der Waals surface area contributed by atoms with Crippen LogP contribution in [-0.4, -0.2) is 81.2 Å². The highest BCUT2D eigenvalue weighted by molar-refractivity contribution is 7.91. The number of sulfonamides is 1. The summed E-state index contributed by atoms with van der Waals surface area (Å²) >= 11 is 0. The summed E-state index contributed by atoms with van der Waals surface area (Å²) in [5, 5.41) is 11.5. The molecular weight excluding hydrogens is 743 g/mol. The first-order valence-electron chi connectivity index (χ1n) is 19.9. The first kappa shape index (κ1) is 36.9. The number of carbonyl (C=O) groups excluding carboxylic acids is 3. The van der Waals surface area contributed by atoms with Gasteiger partial charge in [-0.3, -0.25) is 19.1 Å². The molecule has 2 aromatic heterocycles. The highest BCUT2D eigenvalue weighted by Gasteiger charge is 2.62. The second-order valence-corrected chi connectivity index (χ2v) is 17.6. The van der Waals surface area contributed by atoms with Crippen LogP contribution in [0.1, 0.15) is 57.8 Å². The van der Waals surface area contributed by atoms with Crippen LogP contribution in [0.4, 0.5) is 5.69 Å². The molecule has 5 aromatic rings. The van der Waals surface area contributed by atoms with Crippen LogP contribution in [0, 0.1) is 5.92 Å². The van der Waals surface area contributed by atoms with E-state index in [1.165, 1.54) is 0 Å².